The predicted molar refractivity (Wildman–Crippen MR) is 110 cm³/mol. The molecular weight excluding hydrogens is 430 g/mol. The first-order valence-corrected chi connectivity index (χ1v) is 9.51. The number of hydrogen-bond donors (Lipinski definition) is 2. The number of aliphatic carboxylic acids is 1. The monoisotopic (exact) mass is 449 g/mol. The van der Waals surface area contributed by atoms with Crippen LogP contribution in [0.2, 0.25) is 0 Å². The highest BCUT2D eigenvalue weighted by atomic mass is 19.4. The molecule has 0 atom stereocenters. The zero-order valence-corrected chi connectivity index (χ0v) is 17.1. The summed E-state index contributed by atoms with van der Waals surface area (Å²) in [5, 5.41) is 11.3. The lowest BCUT2D eigenvalue weighted by Crippen LogP contribution is -2.23. The second-order valence-corrected chi connectivity index (χ2v) is 7.23. The molecule has 0 saturated carbocycles. The second kappa shape index (κ2) is 8.81. The van der Waals surface area contributed by atoms with Gasteiger partial charge in [0.1, 0.15) is 5.82 Å². The van der Waals surface area contributed by atoms with E-state index in [1.165, 1.54) is 17.0 Å². The highest BCUT2D eigenvalue weighted by Crippen LogP contribution is 2.31. The van der Waals surface area contributed by atoms with Crippen LogP contribution in [0.3, 0.4) is 0 Å². The van der Waals surface area contributed by atoms with Crippen LogP contribution in [0.15, 0.2) is 47.5 Å². The zero-order valence-electron chi connectivity index (χ0n) is 17.1. The van der Waals surface area contributed by atoms with Gasteiger partial charge in [0.25, 0.3) is 5.56 Å². The standard InChI is InChI=1S/C22H19F4N3O3/c1-12-10-18(13(2)9-14(12)3-6-19(30)31)29-8-7-27-20(21(29)32)28-17-5-4-15(11-16(17)23)22(24,25)26/h4-5,7-11H,3,6H2,1-2H3,(H,27,28)(H,30,31). The lowest BCUT2D eigenvalue weighted by atomic mass is 9.99. The number of carboxylic acids is 1. The van der Waals surface area contributed by atoms with Crippen LogP contribution in [-0.2, 0) is 17.4 Å². The van der Waals surface area contributed by atoms with E-state index in [9.17, 15) is 27.2 Å². The molecule has 3 aromatic rings. The quantitative estimate of drug-likeness (QED) is 0.530. The van der Waals surface area contributed by atoms with Gasteiger partial charge < -0.3 is 10.4 Å². The number of halogens is 4. The summed E-state index contributed by atoms with van der Waals surface area (Å²) in [6.07, 6.45) is -1.66. The maximum atomic E-state index is 14.2. The van der Waals surface area contributed by atoms with Gasteiger partial charge in [0, 0.05) is 18.8 Å². The number of aromatic nitrogens is 2. The van der Waals surface area contributed by atoms with Crippen molar-refractivity contribution in [1.29, 1.82) is 0 Å². The molecule has 6 nitrogen and oxygen atoms in total. The molecule has 0 unspecified atom stereocenters. The molecular formula is C22H19F4N3O3. The van der Waals surface area contributed by atoms with Crippen molar-refractivity contribution in [1.82, 2.24) is 9.55 Å². The van der Waals surface area contributed by atoms with E-state index in [2.05, 4.69) is 10.3 Å². The Morgan fingerprint density at radius 2 is 1.88 bits per heavy atom. The summed E-state index contributed by atoms with van der Waals surface area (Å²) in [5.41, 5.74) is 0.749. The summed E-state index contributed by atoms with van der Waals surface area (Å²) in [6, 6.07) is 5.46. The third kappa shape index (κ3) is 4.96. The first kappa shape index (κ1) is 23.0. The molecule has 2 N–H and O–H groups in total. The van der Waals surface area contributed by atoms with Crippen LogP contribution in [0, 0.1) is 19.7 Å². The van der Waals surface area contributed by atoms with E-state index >= 15 is 0 Å². The normalized spacial score (nSPS) is 11.4. The molecule has 0 aliphatic carbocycles. The lowest BCUT2D eigenvalue weighted by Gasteiger charge is -2.15. The van der Waals surface area contributed by atoms with Gasteiger partial charge in [0.15, 0.2) is 5.82 Å². The van der Waals surface area contributed by atoms with Crippen molar-refractivity contribution < 1.29 is 27.5 Å². The van der Waals surface area contributed by atoms with E-state index in [1.54, 1.807) is 26.0 Å². The molecule has 0 radical (unpaired) electrons. The molecule has 0 spiro atoms. The second-order valence-electron chi connectivity index (χ2n) is 7.23. The average Bonchev–Trinajstić information content (AvgIpc) is 2.70. The summed E-state index contributed by atoms with van der Waals surface area (Å²) in [7, 11) is 0. The van der Waals surface area contributed by atoms with Gasteiger partial charge in [-0.3, -0.25) is 14.2 Å². The van der Waals surface area contributed by atoms with Gasteiger partial charge in [0.2, 0.25) is 0 Å². The number of carboxylic acid groups (broad SMARTS) is 1. The lowest BCUT2D eigenvalue weighted by molar-refractivity contribution is -0.138. The van der Waals surface area contributed by atoms with Gasteiger partial charge in [-0.15, -0.1) is 0 Å². The fourth-order valence-electron chi connectivity index (χ4n) is 3.24. The molecule has 0 bridgehead atoms. The van der Waals surface area contributed by atoms with E-state index in [1.807, 2.05) is 0 Å². The summed E-state index contributed by atoms with van der Waals surface area (Å²) in [6.45, 7) is 3.55. The zero-order chi connectivity index (χ0) is 23.6. The molecule has 0 fully saturated rings. The van der Waals surface area contributed by atoms with Crippen molar-refractivity contribution >= 4 is 17.5 Å². The molecule has 1 heterocycles. The topological polar surface area (TPSA) is 84.2 Å². The Bertz CT molecular complexity index is 1240. The minimum Gasteiger partial charge on any atom is -0.481 e. The van der Waals surface area contributed by atoms with E-state index in [4.69, 9.17) is 5.11 Å². The Hall–Kier alpha value is -3.69. The number of carbonyl (C=O) groups is 1. The molecule has 1 aromatic heterocycles. The fraction of sp³-hybridized carbons (Fsp3) is 0.227. The van der Waals surface area contributed by atoms with Gasteiger partial charge in [-0.05, 0) is 61.2 Å². The van der Waals surface area contributed by atoms with E-state index in [0.29, 0.717) is 29.8 Å². The molecule has 0 aliphatic rings. The first-order valence-electron chi connectivity index (χ1n) is 9.51. The molecule has 0 saturated heterocycles. The summed E-state index contributed by atoms with van der Waals surface area (Å²) in [4.78, 5) is 27.7. The minimum absolute atomic E-state index is 0.0262. The molecule has 0 amide bonds. The van der Waals surface area contributed by atoms with Gasteiger partial charge in [-0.1, -0.05) is 6.07 Å². The summed E-state index contributed by atoms with van der Waals surface area (Å²) in [5.74, 6) is -2.35. The number of alkyl halides is 3. The Balaban J connectivity index is 1.95. The molecule has 0 aliphatic heterocycles. The highest BCUT2D eigenvalue weighted by Gasteiger charge is 2.31. The van der Waals surface area contributed by atoms with E-state index in [0.717, 1.165) is 17.2 Å². The predicted octanol–water partition coefficient (Wildman–Crippen LogP) is 4.77. The van der Waals surface area contributed by atoms with Gasteiger partial charge in [-0.2, -0.15) is 13.2 Å². The van der Waals surface area contributed by atoms with E-state index in [-0.39, 0.29) is 17.9 Å². The van der Waals surface area contributed by atoms with Crippen LogP contribution in [0.4, 0.5) is 29.1 Å². The molecule has 2 aromatic carbocycles. The maximum absolute atomic E-state index is 14.2. The smallest absolute Gasteiger partial charge is 0.416 e. The van der Waals surface area contributed by atoms with Crippen molar-refractivity contribution in [2.24, 2.45) is 0 Å². The number of rotatable bonds is 6. The van der Waals surface area contributed by atoms with Gasteiger partial charge >= 0.3 is 12.1 Å². The largest absolute Gasteiger partial charge is 0.481 e. The third-order valence-corrected chi connectivity index (χ3v) is 4.91. The average molecular weight is 449 g/mol. The van der Waals surface area contributed by atoms with Crippen LogP contribution < -0.4 is 10.9 Å². The Kier molecular flexibility index (Phi) is 6.33. The Morgan fingerprint density at radius 1 is 1.16 bits per heavy atom. The number of aryl methyl sites for hydroxylation is 3. The number of nitrogens with zero attached hydrogens (tertiary/aromatic N) is 2. The SMILES string of the molecule is Cc1cc(-n2ccnc(Nc3ccc(C(F)(F)F)cc3F)c2=O)c(C)cc1CCC(=O)O. The Morgan fingerprint density at radius 3 is 2.50 bits per heavy atom. The number of hydrogen-bond acceptors (Lipinski definition) is 4. The van der Waals surface area contributed by atoms with Crippen molar-refractivity contribution in [3.8, 4) is 5.69 Å². The molecule has 10 heteroatoms. The van der Waals surface area contributed by atoms with Crippen LogP contribution in [0.5, 0.6) is 0 Å². The van der Waals surface area contributed by atoms with Crippen LogP contribution >= 0.6 is 0 Å². The number of benzene rings is 2. The van der Waals surface area contributed by atoms with Crippen LogP contribution in [-0.4, -0.2) is 20.6 Å². The van der Waals surface area contributed by atoms with E-state index < -0.39 is 29.1 Å². The van der Waals surface area contributed by atoms with Crippen molar-refractivity contribution in [3.63, 3.8) is 0 Å². The van der Waals surface area contributed by atoms with Crippen molar-refractivity contribution in [3.05, 3.63) is 81.2 Å². The van der Waals surface area contributed by atoms with Gasteiger partial charge in [-0.25, -0.2) is 9.37 Å². The summed E-state index contributed by atoms with van der Waals surface area (Å²) >= 11 is 0. The maximum Gasteiger partial charge on any atom is 0.416 e. The number of nitrogens with one attached hydrogen (secondary N) is 1. The fourth-order valence-corrected chi connectivity index (χ4v) is 3.24. The van der Waals surface area contributed by atoms with Crippen molar-refractivity contribution in [2.45, 2.75) is 32.9 Å². The van der Waals surface area contributed by atoms with Crippen LogP contribution in [0.1, 0.15) is 28.7 Å². The van der Waals surface area contributed by atoms with Crippen LogP contribution in [0.25, 0.3) is 5.69 Å². The summed E-state index contributed by atoms with van der Waals surface area (Å²) < 4.78 is 53.7. The molecule has 32 heavy (non-hydrogen) atoms. The van der Waals surface area contributed by atoms with Crippen molar-refractivity contribution in [2.75, 3.05) is 5.32 Å². The third-order valence-electron chi connectivity index (χ3n) is 4.91. The number of anilines is 2. The highest BCUT2D eigenvalue weighted by molar-refractivity contribution is 5.67. The van der Waals surface area contributed by atoms with Gasteiger partial charge in [0.05, 0.1) is 16.9 Å². The molecule has 168 valence electrons. The first-order chi connectivity index (χ1) is 15.0. The molecule has 3 rings (SSSR count). The minimum atomic E-state index is -4.69. The Labute approximate surface area is 180 Å².